The third kappa shape index (κ3) is 1.29. The van der Waals surface area contributed by atoms with E-state index >= 15 is 0 Å². The van der Waals surface area contributed by atoms with Gasteiger partial charge in [-0.3, -0.25) is 9.78 Å². The minimum atomic E-state index is -3.52. The Labute approximate surface area is 78.1 Å². The molecule has 2 rings (SSSR count). The van der Waals surface area contributed by atoms with Gasteiger partial charge in [-0.1, -0.05) is 0 Å². The van der Waals surface area contributed by atoms with E-state index in [-0.39, 0.29) is 16.3 Å². The smallest absolute Gasteiger partial charge is 0.277 e. The number of fused-ring (bicyclic) bond motifs is 1. The minimum Gasteiger partial charge on any atom is -0.339 e. The van der Waals surface area contributed by atoms with Crippen molar-refractivity contribution in [1.82, 2.24) is 19.9 Å². The first kappa shape index (κ1) is 8.88. The van der Waals surface area contributed by atoms with Crippen LogP contribution in [-0.4, -0.2) is 34.6 Å². The number of hydrogen-bond donors (Lipinski definition) is 2. The second-order valence-electron chi connectivity index (χ2n) is 2.74. The molecule has 0 spiro atoms. The van der Waals surface area contributed by atoms with Crippen LogP contribution in [0.3, 0.4) is 0 Å². The normalized spacial score (nSPS) is 12.1. The average molecular weight is 214 g/mol. The maximum absolute atomic E-state index is 11.3. The summed E-state index contributed by atoms with van der Waals surface area (Å²) in [5.41, 5.74) is -0.292. The van der Waals surface area contributed by atoms with Crippen molar-refractivity contribution in [2.45, 2.75) is 5.16 Å². The molecule has 2 aromatic rings. The highest BCUT2D eigenvalue weighted by molar-refractivity contribution is 7.90. The molecular formula is C6H6N4O3S. The number of sulfone groups is 1. The summed E-state index contributed by atoms with van der Waals surface area (Å²) < 4.78 is 22.2. The molecule has 0 aliphatic heterocycles. The van der Waals surface area contributed by atoms with Crippen LogP contribution in [0, 0.1) is 0 Å². The van der Waals surface area contributed by atoms with Crippen molar-refractivity contribution < 1.29 is 8.42 Å². The van der Waals surface area contributed by atoms with E-state index in [1.807, 2.05) is 0 Å². The molecule has 2 N–H and O–H groups in total. The van der Waals surface area contributed by atoms with E-state index in [1.165, 1.54) is 6.33 Å². The summed E-state index contributed by atoms with van der Waals surface area (Å²) >= 11 is 0. The molecule has 0 saturated carbocycles. The van der Waals surface area contributed by atoms with Crippen molar-refractivity contribution in [3.63, 3.8) is 0 Å². The highest BCUT2D eigenvalue weighted by atomic mass is 32.2. The molecule has 2 aromatic heterocycles. The molecule has 0 aliphatic carbocycles. The van der Waals surface area contributed by atoms with Crippen molar-refractivity contribution in [1.29, 1.82) is 0 Å². The second kappa shape index (κ2) is 2.64. The van der Waals surface area contributed by atoms with E-state index < -0.39 is 15.4 Å². The predicted molar refractivity (Wildman–Crippen MR) is 47.6 cm³/mol. The van der Waals surface area contributed by atoms with Crippen molar-refractivity contribution in [3.8, 4) is 0 Å². The average Bonchev–Trinajstić information content (AvgIpc) is 2.50. The summed E-state index contributed by atoms with van der Waals surface area (Å²) in [7, 11) is -3.52. The quantitative estimate of drug-likeness (QED) is 0.595. The van der Waals surface area contributed by atoms with E-state index in [0.717, 1.165) is 6.26 Å². The fraction of sp³-hybridized carbons (Fsp3) is 0.167. The van der Waals surface area contributed by atoms with Gasteiger partial charge < -0.3 is 4.98 Å². The largest absolute Gasteiger partial charge is 0.339 e. The lowest BCUT2D eigenvalue weighted by Gasteiger charge is -1.95. The topological polar surface area (TPSA) is 109 Å². The molecule has 8 heteroatoms. The van der Waals surface area contributed by atoms with Crippen LogP contribution in [0.1, 0.15) is 0 Å². The van der Waals surface area contributed by atoms with Gasteiger partial charge in [0.15, 0.2) is 11.2 Å². The van der Waals surface area contributed by atoms with Crippen LogP contribution in [-0.2, 0) is 9.84 Å². The molecule has 0 fully saturated rings. The third-order valence-electron chi connectivity index (χ3n) is 1.63. The van der Waals surface area contributed by atoms with Gasteiger partial charge in [-0.05, 0) is 0 Å². The molecule has 0 atom stereocenters. The first-order valence-corrected chi connectivity index (χ1v) is 5.51. The number of imidazole rings is 1. The van der Waals surface area contributed by atoms with E-state index in [0.29, 0.717) is 0 Å². The Morgan fingerprint density at radius 1 is 1.43 bits per heavy atom. The Morgan fingerprint density at radius 3 is 2.79 bits per heavy atom. The Bertz CT molecular complexity index is 638. The van der Waals surface area contributed by atoms with Crippen LogP contribution in [0.25, 0.3) is 11.2 Å². The molecular weight excluding hydrogens is 208 g/mol. The first-order chi connectivity index (χ1) is 6.48. The fourth-order valence-corrected chi connectivity index (χ4v) is 1.53. The van der Waals surface area contributed by atoms with Gasteiger partial charge in [0.2, 0.25) is 15.0 Å². The standard InChI is InChI=1S/C6H6N4O3S/c1-14(12,13)6-9-4-3(5(11)10-6)7-2-8-4/h2H,1H3,(H2,7,8,9,10,11). The molecule has 0 aromatic carbocycles. The van der Waals surface area contributed by atoms with E-state index in [4.69, 9.17) is 0 Å². The Balaban J connectivity index is 2.91. The van der Waals surface area contributed by atoms with Crippen LogP contribution in [0.4, 0.5) is 0 Å². The zero-order chi connectivity index (χ0) is 10.3. The van der Waals surface area contributed by atoms with Gasteiger partial charge in [-0.25, -0.2) is 13.4 Å². The van der Waals surface area contributed by atoms with Crippen LogP contribution in [0.15, 0.2) is 16.3 Å². The second-order valence-corrected chi connectivity index (χ2v) is 4.68. The van der Waals surface area contributed by atoms with Crippen LogP contribution in [0.2, 0.25) is 0 Å². The lowest BCUT2D eigenvalue weighted by molar-refractivity contribution is 0.593. The number of aromatic amines is 2. The Kier molecular flexibility index (Phi) is 1.68. The number of aromatic nitrogens is 4. The Morgan fingerprint density at radius 2 is 2.14 bits per heavy atom. The lowest BCUT2D eigenvalue weighted by atomic mass is 10.6. The predicted octanol–water partition coefficient (Wildman–Crippen LogP) is -0.950. The van der Waals surface area contributed by atoms with Gasteiger partial charge in [-0.2, -0.15) is 4.98 Å². The van der Waals surface area contributed by atoms with Crippen LogP contribution < -0.4 is 5.56 Å². The summed E-state index contributed by atoms with van der Waals surface area (Å²) in [6.45, 7) is 0. The number of nitrogens with one attached hydrogen (secondary N) is 2. The molecule has 2 heterocycles. The summed E-state index contributed by atoms with van der Waals surface area (Å²) in [6, 6.07) is 0. The highest BCUT2D eigenvalue weighted by Gasteiger charge is 2.13. The molecule has 74 valence electrons. The molecule has 7 nitrogen and oxygen atoms in total. The zero-order valence-corrected chi connectivity index (χ0v) is 7.92. The summed E-state index contributed by atoms with van der Waals surface area (Å²) in [5, 5.41) is -0.373. The number of hydrogen-bond acceptors (Lipinski definition) is 5. The summed E-state index contributed by atoms with van der Waals surface area (Å²) in [5.74, 6) is 0. The Hall–Kier alpha value is -1.70. The number of rotatable bonds is 1. The van der Waals surface area contributed by atoms with Gasteiger partial charge in [0.25, 0.3) is 5.56 Å². The van der Waals surface area contributed by atoms with E-state index in [2.05, 4.69) is 19.9 Å². The van der Waals surface area contributed by atoms with Gasteiger partial charge in [0.05, 0.1) is 6.33 Å². The van der Waals surface area contributed by atoms with Gasteiger partial charge in [0.1, 0.15) is 0 Å². The highest BCUT2D eigenvalue weighted by Crippen LogP contribution is 2.03. The maximum Gasteiger partial charge on any atom is 0.277 e. The number of nitrogens with zero attached hydrogens (tertiary/aromatic N) is 2. The van der Waals surface area contributed by atoms with Gasteiger partial charge in [-0.15, -0.1) is 0 Å². The molecule has 0 amide bonds. The van der Waals surface area contributed by atoms with E-state index in [9.17, 15) is 13.2 Å². The molecule has 14 heavy (non-hydrogen) atoms. The van der Waals surface area contributed by atoms with Crippen molar-refractivity contribution in [2.75, 3.05) is 6.26 Å². The SMILES string of the molecule is CS(=O)(=O)c1nc2nc[nH]c2c(=O)[nH]1. The molecule has 0 unspecified atom stereocenters. The maximum atomic E-state index is 11.3. The van der Waals surface area contributed by atoms with Crippen LogP contribution in [0.5, 0.6) is 0 Å². The van der Waals surface area contributed by atoms with Gasteiger partial charge in [0, 0.05) is 6.26 Å². The molecule has 0 radical (unpaired) electrons. The molecule has 0 saturated heterocycles. The monoisotopic (exact) mass is 214 g/mol. The zero-order valence-electron chi connectivity index (χ0n) is 7.10. The van der Waals surface area contributed by atoms with E-state index in [1.54, 1.807) is 0 Å². The molecule has 0 aliphatic rings. The lowest BCUT2D eigenvalue weighted by Crippen LogP contribution is -2.15. The van der Waals surface area contributed by atoms with Crippen molar-refractivity contribution >= 4 is 21.0 Å². The van der Waals surface area contributed by atoms with Crippen LogP contribution >= 0.6 is 0 Å². The third-order valence-corrected chi connectivity index (χ3v) is 2.52. The fourth-order valence-electron chi connectivity index (χ4n) is 0.998. The van der Waals surface area contributed by atoms with Crippen molar-refractivity contribution in [3.05, 3.63) is 16.7 Å². The first-order valence-electron chi connectivity index (χ1n) is 3.62. The summed E-state index contributed by atoms with van der Waals surface area (Å²) in [6.07, 6.45) is 2.24. The van der Waals surface area contributed by atoms with Crippen molar-refractivity contribution in [2.24, 2.45) is 0 Å². The molecule has 0 bridgehead atoms. The van der Waals surface area contributed by atoms with Gasteiger partial charge >= 0.3 is 0 Å². The number of H-pyrrole nitrogens is 2. The minimum absolute atomic E-state index is 0.0918. The summed E-state index contributed by atoms with van der Waals surface area (Å²) in [4.78, 5) is 23.4.